The third-order valence-electron chi connectivity index (χ3n) is 3.39. The molecule has 0 fully saturated rings. The van der Waals surface area contributed by atoms with Gasteiger partial charge in [0.05, 0.1) is 18.0 Å². The van der Waals surface area contributed by atoms with Gasteiger partial charge in [-0.2, -0.15) is 0 Å². The van der Waals surface area contributed by atoms with Crippen molar-refractivity contribution in [1.82, 2.24) is 9.97 Å². The quantitative estimate of drug-likeness (QED) is 0.825. The molecule has 3 heterocycles. The number of ether oxygens (including phenoxy) is 1. The molecule has 0 unspecified atom stereocenters. The highest BCUT2D eigenvalue weighted by Crippen LogP contribution is 2.45. The first-order valence-electron chi connectivity index (χ1n) is 6.13. The Kier molecular flexibility index (Phi) is 2.83. The van der Waals surface area contributed by atoms with E-state index in [1.54, 1.807) is 13.3 Å². The molecule has 0 atom stereocenters. The first-order chi connectivity index (χ1) is 9.24. The zero-order chi connectivity index (χ0) is 13.4. The Labute approximate surface area is 112 Å². The third kappa shape index (κ3) is 1.74. The number of anilines is 4. The molecule has 0 saturated carbocycles. The fourth-order valence-electron chi connectivity index (χ4n) is 2.49. The monoisotopic (exact) mass is 256 g/mol. The molecule has 0 amide bonds. The maximum atomic E-state index is 5.28. The standard InChI is InChI=1S/C14H16N4O/c1-17-11-5-4-7-15-13(11)18(2)14-12(17)10(9-19-3)6-8-16-14/h4-8H,9H2,1-3H3. The summed E-state index contributed by atoms with van der Waals surface area (Å²) in [7, 11) is 5.73. The minimum atomic E-state index is 0.568. The Hall–Kier alpha value is -2.14. The van der Waals surface area contributed by atoms with E-state index in [9.17, 15) is 0 Å². The van der Waals surface area contributed by atoms with Crippen LogP contribution in [0.2, 0.25) is 0 Å². The van der Waals surface area contributed by atoms with Gasteiger partial charge in [-0.3, -0.25) is 0 Å². The minimum absolute atomic E-state index is 0.568. The van der Waals surface area contributed by atoms with Crippen molar-refractivity contribution in [2.24, 2.45) is 0 Å². The first-order valence-corrected chi connectivity index (χ1v) is 6.13. The molecule has 3 rings (SSSR count). The van der Waals surface area contributed by atoms with Gasteiger partial charge < -0.3 is 14.5 Å². The van der Waals surface area contributed by atoms with E-state index in [1.165, 1.54) is 0 Å². The zero-order valence-electron chi connectivity index (χ0n) is 11.3. The van der Waals surface area contributed by atoms with Crippen LogP contribution in [0.4, 0.5) is 23.0 Å². The second kappa shape index (κ2) is 4.51. The summed E-state index contributed by atoms with van der Waals surface area (Å²) in [4.78, 5) is 13.1. The maximum Gasteiger partial charge on any atom is 0.158 e. The number of hydrogen-bond acceptors (Lipinski definition) is 5. The van der Waals surface area contributed by atoms with Gasteiger partial charge in [0.15, 0.2) is 11.6 Å². The molecule has 1 aliphatic rings. The van der Waals surface area contributed by atoms with Crippen molar-refractivity contribution in [1.29, 1.82) is 0 Å². The van der Waals surface area contributed by atoms with E-state index in [0.717, 1.165) is 28.6 Å². The predicted molar refractivity (Wildman–Crippen MR) is 75.3 cm³/mol. The second-order valence-electron chi connectivity index (χ2n) is 4.54. The molecule has 0 aromatic carbocycles. The Balaban J connectivity index is 2.20. The fourth-order valence-corrected chi connectivity index (χ4v) is 2.49. The number of hydrogen-bond donors (Lipinski definition) is 0. The summed E-state index contributed by atoms with van der Waals surface area (Å²) in [5, 5.41) is 0. The van der Waals surface area contributed by atoms with E-state index in [4.69, 9.17) is 4.74 Å². The van der Waals surface area contributed by atoms with Crippen molar-refractivity contribution in [3.8, 4) is 0 Å². The first kappa shape index (κ1) is 11.9. The number of aromatic nitrogens is 2. The van der Waals surface area contributed by atoms with Crippen LogP contribution in [0.5, 0.6) is 0 Å². The van der Waals surface area contributed by atoms with Crippen LogP contribution < -0.4 is 9.80 Å². The average molecular weight is 256 g/mol. The molecule has 5 heteroatoms. The molecule has 0 bridgehead atoms. The summed E-state index contributed by atoms with van der Waals surface area (Å²) in [6.07, 6.45) is 3.61. The number of pyridine rings is 2. The van der Waals surface area contributed by atoms with Crippen molar-refractivity contribution in [2.75, 3.05) is 31.0 Å². The molecular weight excluding hydrogens is 240 g/mol. The molecule has 98 valence electrons. The summed E-state index contributed by atoms with van der Waals surface area (Å²) in [6, 6.07) is 6.00. The lowest BCUT2D eigenvalue weighted by atomic mass is 10.1. The summed E-state index contributed by atoms with van der Waals surface area (Å²) in [5.41, 5.74) is 3.27. The second-order valence-corrected chi connectivity index (χ2v) is 4.54. The number of fused-ring (bicyclic) bond motifs is 2. The van der Waals surface area contributed by atoms with Crippen LogP contribution in [0.3, 0.4) is 0 Å². The molecule has 19 heavy (non-hydrogen) atoms. The Bertz CT molecular complexity index is 614. The van der Waals surface area contributed by atoms with Crippen molar-refractivity contribution in [3.05, 3.63) is 36.2 Å². The number of nitrogens with zero attached hydrogens (tertiary/aromatic N) is 4. The largest absolute Gasteiger partial charge is 0.380 e. The van der Waals surface area contributed by atoms with Crippen LogP contribution in [0, 0.1) is 0 Å². The topological polar surface area (TPSA) is 41.5 Å². The summed E-state index contributed by atoms with van der Waals surface area (Å²) in [5.74, 6) is 1.82. The van der Waals surface area contributed by atoms with Crippen LogP contribution in [-0.2, 0) is 11.3 Å². The van der Waals surface area contributed by atoms with Gasteiger partial charge in [-0.15, -0.1) is 0 Å². The molecule has 0 radical (unpaired) electrons. The predicted octanol–water partition coefficient (Wildman–Crippen LogP) is 2.47. The fraction of sp³-hybridized carbons (Fsp3) is 0.286. The van der Waals surface area contributed by atoms with Gasteiger partial charge in [0.2, 0.25) is 0 Å². The van der Waals surface area contributed by atoms with Crippen molar-refractivity contribution in [2.45, 2.75) is 6.61 Å². The smallest absolute Gasteiger partial charge is 0.158 e. The lowest BCUT2D eigenvalue weighted by Crippen LogP contribution is -2.27. The molecule has 5 nitrogen and oxygen atoms in total. The molecule has 0 aliphatic carbocycles. The number of methoxy groups -OCH3 is 1. The highest BCUT2D eigenvalue weighted by atomic mass is 16.5. The van der Waals surface area contributed by atoms with Crippen LogP contribution in [-0.4, -0.2) is 31.2 Å². The van der Waals surface area contributed by atoms with Gasteiger partial charge >= 0.3 is 0 Å². The summed E-state index contributed by atoms with van der Waals surface area (Å²) < 4.78 is 5.28. The van der Waals surface area contributed by atoms with E-state index in [0.29, 0.717) is 6.61 Å². The van der Waals surface area contributed by atoms with Crippen molar-refractivity contribution >= 4 is 23.0 Å². The van der Waals surface area contributed by atoms with Crippen LogP contribution in [0.1, 0.15) is 5.56 Å². The van der Waals surface area contributed by atoms with Crippen LogP contribution >= 0.6 is 0 Å². The zero-order valence-corrected chi connectivity index (χ0v) is 11.3. The van der Waals surface area contributed by atoms with Gasteiger partial charge in [0.1, 0.15) is 0 Å². The van der Waals surface area contributed by atoms with Crippen molar-refractivity contribution < 1.29 is 4.74 Å². The molecule has 2 aromatic heterocycles. The molecule has 2 aromatic rings. The molecular formula is C14H16N4O. The lowest BCUT2D eigenvalue weighted by Gasteiger charge is -2.35. The Morgan fingerprint density at radius 3 is 2.63 bits per heavy atom. The Morgan fingerprint density at radius 2 is 1.84 bits per heavy atom. The van der Waals surface area contributed by atoms with Crippen molar-refractivity contribution in [3.63, 3.8) is 0 Å². The molecule has 0 saturated heterocycles. The van der Waals surface area contributed by atoms with Gasteiger partial charge in [-0.05, 0) is 18.2 Å². The Morgan fingerprint density at radius 1 is 1.05 bits per heavy atom. The van der Waals surface area contributed by atoms with E-state index in [1.807, 2.05) is 37.3 Å². The lowest BCUT2D eigenvalue weighted by molar-refractivity contribution is 0.185. The van der Waals surface area contributed by atoms with Crippen LogP contribution in [0.15, 0.2) is 30.6 Å². The van der Waals surface area contributed by atoms with Gasteiger partial charge in [0.25, 0.3) is 0 Å². The van der Waals surface area contributed by atoms with Crippen LogP contribution in [0.25, 0.3) is 0 Å². The van der Waals surface area contributed by atoms with E-state index in [-0.39, 0.29) is 0 Å². The number of rotatable bonds is 2. The van der Waals surface area contributed by atoms with Gasteiger partial charge in [-0.25, -0.2) is 9.97 Å². The van der Waals surface area contributed by atoms with E-state index in [2.05, 4.69) is 20.9 Å². The minimum Gasteiger partial charge on any atom is -0.380 e. The van der Waals surface area contributed by atoms with Gasteiger partial charge in [0, 0.05) is 39.2 Å². The highest BCUT2D eigenvalue weighted by Gasteiger charge is 2.27. The average Bonchev–Trinajstić information content (AvgIpc) is 2.45. The van der Waals surface area contributed by atoms with Gasteiger partial charge in [-0.1, -0.05) is 0 Å². The molecule has 0 N–H and O–H groups in total. The molecule has 0 spiro atoms. The normalized spacial score (nSPS) is 13.2. The summed E-state index contributed by atoms with van der Waals surface area (Å²) in [6.45, 7) is 0.568. The highest BCUT2D eigenvalue weighted by molar-refractivity contribution is 5.90. The maximum absolute atomic E-state index is 5.28. The summed E-state index contributed by atoms with van der Waals surface area (Å²) >= 11 is 0. The SMILES string of the molecule is COCc1ccnc2c1N(C)c1cccnc1N2C. The van der Waals surface area contributed by atoms with E-state index < -0.39 is 0 Å². The molecule has 1 aliphatic heterocycles. The van der Waals surface area contributed by atoms with E-state index >= 15 is 0 Å². The third-order valence-corrected chi connectivity index (χ3v) is 3.39.